The van der Waals surface area contributed by atoms with Crippen LogP contribution in [0.1, 0.15) is 32.9 Å². The second-order valence-electron chi connectivity index (χ2n) is 5.63. The predicted molar refractivity (Wildman–Crippen MR) is 75.4 cm³/mol. The summed E-state index contributed by atoms with van der Waals surface area (Å²) in [5.41, 5.74) is 5.88. The van der Waals surface area contributed by atoms with Gasteiger partial charge in [-0.15, -0.1) is 0 Å². The van der Waals surface area contributed by atoms with Crippen molar-refractivity contribution >= 4 is 11.6 Å². The number of hydrogen-bond donors (Lipinski definition) is 3. The molecular formula is C14H23N3O2. The fourth-order valence-electron chi connectivity index (χ4n) is 2.01. The monoisotopic (exact) mass is 265 g/mol. The van der Waals surface area contributed by atoms with Crippen molar-refractivity contribution in [1.29, 1.82) is 0 Å². The Labute approximate surface area is 114 Å². The van der Waals surface area contributed by atoms with E-state index < -0.39 is 5.60 Å². The van der Waals surface area contributed by atoms with E-state index in [1.807, 2.05) is 13.8 Å². The van der Waals surface area contributed by atoms with E-state index in [9.17, 15) is 9.90 Å². The smallest absolute Gasteiger partial charge is 0.226 e. The van der Waals surface area contributed by atoms with E-state index in [0.29, 0.717) is 23.7 Å². The number of amides is 1. The summed E-state index contributed by atoms with van der Waals surface area (Å²) in [5, 5.41) is 12.8. The highest BCUT2D eigenvalue weighted by Gasteiger charge is 2.22. The van der Waals surface area contributed by atoms with Crippen LogP contribution in [0.4, 0.5) is 5.69 Å². The largest absolute Gasteiger partial charge is 0.397 e. The molecule has 1 aromatic rings. The molecule has 1 amide bonds. The maximum absolute atomic E-state index is 11.7. The average Bonchev–Trinajstić information content (AvgIpc) is 2.28. The molecule has 1 heterocycles. The van der Waals surface area contributed by atoms with Crippen LogP contribution in [0.15, 0.2) is 18.3 Å². The van der Waals surface area contributed by atoms with E-state index in [4.69, 9.17) is 5.73 Å². The molecule has 0 aliphatic heterocycles. The van der Waals surface area contributed by atoms with Gasteiger partial charge in [0.05, 0.1) is 23.9 Å². The Hall–Kier alpha value is -1.62. The molecule has 0 aliphatic rings. The molecular weight excluding hydrogens is 242 g/mol. The van der Waals surface area contributed by atoms with E-state index in [2.05, 4.69) is 10.3 Å². The molecule has 0 fully saturated rings. The van der Waals surface area contributed by atoms with Gasteiger partial charge in [-0.05, 0) is 31.4 Å². The summed E-state index contributed by atoms with van der Waals surface area (Å²) in [4.78, 5) is 15.8. The normalized spacial score (nSPS) is 14.2. The topological polar surface area (TPSA) is 88.2 Å². The Kier molecular flexibility index (Phi) is 5.30. The third kappa shape index (κ3) is 6.20. The fourth-order valence-corrected chi connectivity index (χ4v) is 2.01. The minimum Gasteiger partial charge on any atom is -0.397 e. The first-order valence-corrected chi connectivity index (χ1v) is 6.48. The molecule has 5 heteroatoms. The third-order valence-electron chi connectivity index (χ3n) is 2.70. The number of aromatic nitrogens is 1. The molecule has 1 unspecified atom stereocenters. The number of rotatable bonds is 6. The molecule has 1 atom stereocenters. The van der Waals surface area contributed by atoms with Gasteiger partial charge >= 0.3 is 0 Å². The molecule has 19 heavy (non-hydrogen) atoms. The van der Waals surface area contributed by atoms with Gasteiger partial charge in [0.1, 0.15) is 0 Å². The summed E-state index contributed by atoms with van der Waals surface area (Å²) < 4.78 is 0. The summed E-state index contributed by atoms with van der Waals surface area (Å²) in [6.07, 6.45) is 2.36. The summed E-state index contributed by atoms with van der Waals surface area (Å²) in [5.74, 6) is 0.229. The lowest BCUT2D eigenvalue weighted by molar-refractivity contribution is -0.121. The second kappa shape index (κ2) is 6.52. The molecule has 1 rings (SSSR count). The highest BCUT2D eigenvalue weighted by atomic mass is 16.3. The molecule has 0 aromatic carbocycles. The summed E-state index contributed by atoms with van der Waals surface area (Å²) in [6, 6.07) is 3.44. The summed E-state index contributed by atoms with van der Waals surface area (Å²) in [7, 11) is 0. The maximum Gasteiger partial charge on any atom is 0.226 e. The van der Waals surface area contributed by atoms with Crippen LogP contribution in [-0.2, 0) is 11.2 Å². The lowest BCUT2D eigenvalue weighted by Gasteiger charge is -2.25. The van der Waals surface area contributed by atoms with Gasteiger partial charge < -0.3 is 16.2 Å². The van der Waals surface area contributed by atoms with Crippen molar-refractivity contribution in [1.82, 2.24) is 10.3 Å². The van der Waals surface area contributed by atoms with Crippen molar-refractivity contribution in [2.24, 2.45) is 5.92 Å². The Morgan fingerprint density at radius 3 is 2.74 bits per heavy atom. The van der Waals surface area contributed by atoms with E-state index in [0.717, 1.165) is 0 Å². The van der Waals surface area contributed by atoms with Crippen molar-refractivity contribution < 1.29 is 9.90 Å². The van der Waals surface area contributed by atoms with Gasteiger partial charge in [-0.3, -0.25) is 9.78 Å². The first kappa shape index (κ1) is 15.4. The lowest BCUT2D eigenvalue weighted by atomic mass is 9.94. The zero-order valence-electron chi connectivity index (χ0n) is 11.8. The van der Waals surface area contributed by atoms with Crippen molar-refractivity contribution in [2.45, 2.75) is 39.2 Å². The van der Waals surface area contributed by atoms with Crippen LogP contribution in [0.3, 0.4) is 0 Å². The Morgan fingerprint density at radius 1 is 1.53 bits per heavy atom. The number of anilines is 1. The SMILES string of the molecule is CC(C)CC(C)(O)CNC(=O)Cc1ccc(N)cn1. The number of nitrogens with two attached hydrogens (primary N) is 1. The van der Waals surface area contributed by atoms with E-state index in [1.165, 1.54) is 6.20 Å². The quantitative estimate of drug-likeness (QED) is 0.719. The number of aliphatic hydroxyl groups is 1. The molecule has 0 saturated carbocycles. The first-order chi connectivity index (χ1) is 8.78. The van der Waals surface area contributed by atoms with Crippen LogP contribution in [-0.4, -0.2) is 28.1 Å². The molecule has 0 bridgehead atoms. The fraction of sp³-hybridized carbons (Fsp3) is 0.571. The average molecular weight is 265 g/mol. The van der Waals surface area contributed by atoms with Crippen LogP contribution >= 0.6 is 0 Å². The molecule has 106 valence electrons. The van der Waals surface area contributed by atoms with E-state index in [1.54, 1.807) is 19.1 Å². The van der Waals surface area contributed by atoms with E-state index in [-0.39, 0.29) is 18.9 Å². The Balaban J connectivity index is 2.41. The van der Waals surface area contributed by atoms with Gasteiger partial charge in [0.15, 0.2) is 0 Å². The van der Waals surface area contributed by atoms with Crippen molar-refractivity contribution in [3.05, 3.63) is 24.0 Å². The van der Waals surface area contributed by atoms with Gasteiger partial charge in [-0.2, -0.15) is 0 Å². The number of nitrogens with one attached hydrogen (secondary N) is 1. The molecule has 0 saturated heterocycles. The van der Waals surface area contributed by atoms with Crippen LogP contribution < -0.4 is 11.1 Å². The molecule has 0 radical (unpaired) electrons. The minimum atomic E-state index is -0.877. The lowest BCUT2D eigenvalue weighted by Crippen LogP contribution is -2.42. The molecule has 5 nitrogen and oxygen atoms in total. The van der Waals surface area contributed by atoms with Gasteiger partial charge in [0, 0.05) is 12.2 Å². The zero-order valence-corrected chi connectivity index (χ0v) is 11.8. The summed E-state index contributed by atoms with van der Waals surface area (Å²) in [6.45, 7) is 6.05. The maximum atomic E-state index is 11.7. The molecule has 0 spiro atoms. The van der Waals surface area contributed by atoms with Crippen molar-refractivity contribution in [3.8, 4) is 0 Å². The third-order valence-corrected chi connectivity index (χ3v) is 2.70. The molecule has 4 N–H and O–H groups in total. The number of nitrogens with zero attached hydrogens (tertiary/aromatic N) is 1. The van der Waals surface area contributed by atoms with Gasteiger partial charge in [-0.25, -0.2) is 0 Å². The minimum absolute atomic E-state index is 0.152. The van der Waals surface area contributed by atoms with Crippen molar-refractivity contribution in [2.75, 3.05) is 12.3 Å². The number of carbonyl (C=O) groups excluding carboxylic acids is 1. The highest BCUT2D eigenvalue weighted by Crippen LogP contribution is 2.15. The Bertz CT molecular complexity index is 413. The predicted octanol–water partition coefficient (Wildman–Crippen LogP) is 1.12. The number of pyridine rings is 1. The van der Waals surface area contributed by atoms with Crippen molar-refractivity contribution in [3.63, 3.8) is 0 Å². The zero-order chi connectivity index (χ0) is 14.5. The first-order valence-electron chi connectivity index (χ1n) is 6.48. The van der Waals surface area contributed by atoms with Gasteiger partial charge in [-0.1, -0.05) is 13.8 Å². The summed E-state index contributed by atoms with van der Waals surface area (Å²) >= 11 is 0. The van der Waals surface area contributed by atoms with Gasteiger partial charge in [0.25, 0.3) is 0 Å². The van der Waals surface area contributed by atoms with Crippen LogP contribution in [0.5, 0.6) is 0 Å². The number of carbonyl (C=O) groups is 1. The highest BCUT2D eigenvalue weighted by molar-refractivity contribution is 5.78. The van der Waals surface area contributed by atoms with E-state index >= 15 is 0 Å². The second-order valence-corrected chi connectivity index (χ2v) is 5.63. The standard InChI is InChI=1S/C14H23N3O2/c1-10(2)7-14(3,19)9-17-13(18)6-12-5-4-11(15)8-16-12/h4-5,8,10,19H,6-7,9,15H2,1-3H3,(H,17,18). The van der Waals surface area contributed by atoms with Crippen LogP contribution in [0.25, 0.3) is 0 Å². The van der Waals surface area contributed by atoms with Crippen LogP contribution in [0.2, 0.25) is 0 Å². The molecule has 0 aliphatic carbocycles. The number of hydrogen-bond acceptors (Lipinski definition) is 4. The van der Waals surface area contributed by atoms with Gasteiger partial charge in [0.2, 0.25) is 5.91 Å². The number of nitrogen functional groups attached to an aromatic ring is 1. The molecule has 1 aromatic heterocycles. The Morgan fingerprint density at radius 2 is 2.21 bits per heavy atom. The van der Waals surface area contributed by atoms with Crippen LogP contribution in [0, 0.1) is 5.92 Å².